The third-order valence-corrected chi connectivity index (χ3v) is 4.43. The van der Waals surface area contributed by atoms with Gasteiger partial charge in [-0.15, -0.1) is 0 Å². The van der Waals surface area contributed by atoms with Crippen molar-refractivity contribution in [2.75, 3.05) is 17.2 Å². The van der Waals surface area contributed by atoms with Gasteiger partial charge in [-0.3, -0.25) is 4.79 Å². The molecule has 0 unspecified atom stereocenters. The fourth-order valence-electron chi connectivity index (χ4n) is 2.88. The van der Waals surface area contributed by atoms with Crippen molar-refractivity contribution in [2.45, 2.75) is 26.8 Å². The molecule has 0 aliphatic rings. The largest absolute Gasteiger partial charge is 0.484 e. The Morgan fingerprint density at radius 1 is 0.893 bits per heavy atom. The minimum atomic E-state index is -0.176. The molecule has 0 aliphatic carbocycles. The van der Waals surface area contributed by atoms with Gasteiger partial charge < -0.3 is 15.4 Å². The van der Waals surface area contributed by atoms with Crippen LogP contribution in [0.15, 0.2) is 72.8 Å². The third-order valence-electron chi connectivity index (χ3n) is 4.43. The quantitative estimate of drug-likeness (QED) is 0.571. The van der Waals surface area contributed by atoms with E-state index in [1.807, 2.05) is 55.5 Å². The molecule has 2 N–H and O–H groups in total. The summed E-state index contributed by atoms with van der Waals surface area (Å²) in [5, 5.41) is 6.25. The molecular formula is C24H26N2O2. The van der Waals surface area contributed by atoms with Crippen molar-refractivity contribution in [1.29, 1.82) is 0 Å². The second-order valence-corrected chi connectivity index (χ2v) is 6.76. The predicted octanol–water partition coefficient (Wildman–Crippen LogP) is 5.19. The Kier molecular flexibility index (Phi) is 6.68. The van der Waals surface area contributed by atoms with Crippen LogP contribution in [0.2, 0.25) is 0 Å². The van der Waals surface area contributed by atoms with Gasteiger partial charge in [-0.2, -0.15) is 0 Å². The standard InChI is InChI=1S/C24H26N2O2/c1-3-19-10-12-21(13-11-19)25-16-20-7-5-9-23(15-20)28-17-24(27)26-22-8-4-6-18(2)14-22/h4-15,25H,3,16-17H2,1-2H3,(H,26,27). The molecule has 0 heterocycles. The van der Waals surface area contributed by atoms with Crippen LogP contribution in [-0.4, -0.2) is 12.5 Å². The first-order valence-electron chi connectivity index (χ1n) is 9.53. The molecular weight excluding hydrogens is 348 g/mol. The Hall–Kier alpha value is -3.27. The summed E-state index contributed by atoms with van der Waals surface area (Å²) in [7, 11) is 0. The Bertz CT molecular complexity index is 920. The van der Waals surface area contributed by atoms with Crippen LogP contribution in [0.1, 0.15) is 23.6 Å². The van der Waals surface area contributed by atoms with E-state index in [9.17, 15) is 4.79 Å². The van der Waals surface area contributed by atoms with E-state index in [0.29, 0.717) is 12.3 Å². The summed E-state index contributed by atoms with van der Waals surface area (Å²) in [4.78, 5) is 12.1. The average Bonchev–Trinajstić information content (AvgIpc) is 2.71. The average molecular weight is 374 g/mol. The number of hydrogen-bond donors (Lipinski definition) is 2. The van der Waals surface area contributed by atoms with Crippen molar-refractivity contribution in [1.82, 2.24) is 0 Å². The van der Waals surface area contributed by atoms with Gasteiger partial charge in [0.25, 0.3) is 5.91 Å². The number of carbonyl (C=O) groups is 1. The normalized spacial score (nSPS) is 10.4. The molecule has 144 valence electrons. The molecule has 1 amide bonds. The fourth-order valence-corrected chi connectivity index (χ4v) is 2.88. The van der Waals surface area contributed by atoms with Crippen LogP contribution >= 0.6 is 0 Å². The topological polar surface area (TPSA) is 50.4 Å². The molecule has 0 bridgehead atoms. The smallest absolute Gasteiger partial charge is 0.262 e. The second-order valence-electron chi connectivity index (χ2n) is 6.76. The summed E-state index contributed by atoms with van der Waals surface area (Å²) in [5.74, 6) is 0.505. The monoisotopic (exact) mass is 374 g/mol. The third kappa shape index (κ3) is 5.88. The lowest BCUT2D eigenvalue weighted by Crippen LogP contribution is -2.20. The maximum Gasteiger partial charge on any atom is 0.262 e. The van der Waals surface area contributed by atoms with E-state index in [4.69, 9.17) is 4.74 Å². The summed E-state index contributed by atoms with van der Waals surface area (Å²) in [6.45, 7) is 4.81. The van der Waals surface area contributed by atoms with Gasteiger partial charge in [-0.1, -0.05) is 43.3 Å². The first-order valence-corrected chi connectivity index (χ1v) is 9.53. The van der Waals surface area contributed by atoms with E-state index in [1.165, 1.54) is 5.56 Å². The van der Waals surface area contributed by atoms with Crippen LogP contribution in [0.5, 0.6) is 5.75 Å². The number of carbonyl (C=O) groups excluding carboxylic acids is 1. The van der Waals surface area contributed by atoms with Gasteiger partial charge in [-0.25, -0.2) is 0 Å². The van der Waals surface area contributed by atoms with E-state index >= 15 is 0 Å². The first-order chi connectivity index (χ1) is 13.6. The lowest BCUT2D eigenvalue weighted by Gasteiger charge is -2.11. The SMILES string of the molecule is CCc1ccc(NCc2cccc(OCC(=O)Nc3cccc(C)c3)c2)cc1. The van der Waals surface area contributed by atoms with E-state index in [2.05, 4.69) is 41.8 Å². The van der Waals surface area contributed by atoms with Crippen LogP contribution < -0.4 is 15.4 Å². The molecule has 0 fully saturated rings. The van der Waals surface area contributed by atoms with E-state index in [1.54, 1.807) is 0 Å². The number of benzene rings is 3. The summed E-state index contributed by atoms with van der Waals surface area (Å²) in [5.41, 5.74) is 5.38. The molecule has 0 radical (unpaired) electrons. The summed E-state index contributed by atoms with van der Waals surface area (Å²) in [6, 6.07) is 23.9. The minimum Gasteiger partial charge on any atom is -0.484 e. The molecule has 0 saturated heterocycles. The van der Waals surface area contributed by atoms with Crippen LogP contribution in [0.4, 0.5) is 11.4 Å². The Morgan fingerprint density at radius 2 is 1.68 bits per heavy atom. The maximum absolute atomic E-state index is 12.1. The van der Waals surface area contributed by atoms with Crippen molar-refractivity contribution in [2.24, 2.45) is 0 Å². The van der Waals surface area contributed by atoms with Gasteiger partial charge >= 0.3 is 0 Å². The lowest BCUT2D eigenvalue weighted by molar-refractivity contribution is -0.118. The molecule has 0 aliphatic heterocycles. The minimum absolute atomic E-state index is 0.0245. The highest BCUT2D eigenvalue weighted by Crippen LogP contribution is 2.16. The van der Waals surface area contributed by atoms with Gasteiger partial charge in [0.1, 0.15) is 5.75 Å². The molecule has 3 aromatic carbocycles. The van der Waals surface area contributed by atoms with Crippen molar-refractivity contribution in [3.63, 3.8) is 0 Å². The molecule has 4 nitrogen and oxygen atoms in total. The highest BCUT2D eigenvalue weighted by molar-refractivity contribution is 5.91. The van der Waals surface area contributed by atoms with Crippen LogP contribution in [0.25, 0.3) is 0 Å². The zero-order chi connectivity index (χ0) is 19.8. The maximum atomic E-state index is 12.1. The van der Waals surface area contributed by atoms with Crippen molar-refractivity contribution in [3.8, 4) is 5.75 Å². The van der Waals surface area contributed by atoms with E-state index in [-0.39, 0.29) is 12.5 Å². The van der Waals surface area contributed by atoms with Gasteiger partial charge in [0.2, 0.25) is 0 Å². The number of aryl methyl sites for hydroxylation is 2. The van der Waals surface area contributed by atoms with Crippen molar-refractivity contribution >= 4 is 17.3 Å². The fraction of sp³-hybridized carbons (Fsp3) is 0.208. The molecule has 0 spiro atoms. The highest BCUT2D eigenvalue weighted by Gasteiger charge is 2.05. The zero-order valence-corrected chi connectivity index (χ0v) is 16.4. The van der Waals surface area contributed by atoms with Crippen LogP contribution in [-0.2, 0) is 17.8 Å². The van der Waals surface area contributed by atoms with Crippen LogP contribution in [0, 0.1) is 6.92 Å². The second kappa shape index (κ2) is 9.60. The van der Waals surface area contributed by atoms with Crippen LogP contribution in [0.3, 0.4) is 0 Å². The molecule has 0 saturated carbocycles. The molecule has 3 aromatic rings. The van der Waals surface area contributed by atoms with Gasteiger partial charge in [0.05, 0.1) is 0 Å². The Morgan fingerprint density at radius 3 is 2.43 bits per heavy atom. The number of nitrogens with one attached hydrogen (secondary N) is 2. The highest BCUT2D eigenvalue weighted by atomic mass is 16.5. The van der Waals surface area contributed by atoms with E-state index in [0.717, 1.165) is 28.9 Å². The summed E-state index contributed by atoms with van der Waals surface area (Å²) in [6.07, 6.45) is 1.04. The van der Waals surface area contributed by atoms with Gasteiger partial charge in [-0.05, 0) is 66.4 Å². The molecule has 3 rings (SSSR count). The first kappa shape index (κ1) is 19.5. The summed E-state index contributed by atoms with van der Waals surface area (Å²) < 4.78 is 5.65. The lowest BCUT2D eigenvalue weighted by atomic mass is 10.1. The van der Waals surface area contributed by atoms with Gasteiger partial charge in [0, 0.05) is 17.9 Å². The van der Waals surface area contributed by atoms with E-state index < -0.39 is 0 Å². The van der Waals surface area contributed by atoms with Crippen molar-refractivity contribution < 1.29 is 9.53 Å². The van der Waals surface area contributed by atoms with Crippen molar-refractivity contribution in [3.05, 3.63) is 89.5 Å². The molecule has 0 aromatic heterocycles. The molecule has 4 heteroatoms. The zero-order valence-electron chi connectivity index (χ0n) is 16.4. The van der Waals surface area contributed by atoms with Gasteiger partial charge in [0.15, 0.2) is 6.61 Å². The number of amides is 1. The number of ether oxygens (including phenoxy) is 1. The Labute approximate surface area is 166 Å². The number of anilines is 2. The molecule has 0 atom stereocenters. The number of rotatable bonds is 8. The Balaban J connectivity index is 1.50. The summed E-state index contributed by atoms with van der Waals surface area (Å²) >= 11 is 0. The number of hydrogen-bond acceptors (Lipinski definition) is 3. The molecule has 28 heavy (non-hydrogen) atoms. The predicted molar refractivity (Wildman–Crippen MR) is 115 cm³/mol.